The number of nitrogens with one attached hydrogen (secondary N) is 1. The van der Waals surface area contributed by atoms with E-state index in [1.807, 2.05) is 54.6 Å². The molecule has 3 heteroatoms. The van der Waals surface area contributed by atoms with E-state index in [1.165, 1.54) is 6.08 Å². The van der Waals surface area contributed by atoms with Crippen LogP contribution in [0.15, 0.2) is 60.7 Å². The molecule has 1 N–H and O–H groups in total. The first-order valence-electron chi connectivity index (χ1n) is 6.92. The number of benzene rings is 2. The molecule has 0 radical (unpaired) electrons. The minimum atomic E-state index is -0.187. The van der Waals surface area contributed by atoms with E-state index >= 15 is 0 Å². The molecule has 2 aromatic rings. The first-order valence-corrected chi connectivity index (χ1v) is 6.92. The van der Waals surface area contributed by atoms with Crippen LogP contribution in [0.3, 0.4) is 0 Å². The fourth-order valence-electron chi connectivity index (χ4n) is 1.83. The monoisotopic (exact) mass is 291 g/mol. The van der Waals surface area contributed by atoms with Crippen LogP contribution >= 0.6 is 0 Å². The first kappa shape index (κ1) is 15.4. The average Bonchev–Trinajstić information content (AvgIpc) is 2.58. The third-order valence-electron chi connectivity index (χ3n) is 2.91. The quantitative estimate of drug-likeness (QED) is 0.695. The standard InChI is InChI=1S/C19H17NO2/c1-22-18-12-6-5-11-17(18)13-14-19(21)20-15-7-10-16-8-3-2-4-9-16/h2-6,8-9,11-14H,15H2,1H3,(H,20,21)/b14-13+. The van der Waals surface area contributed by atoms with Gasteiger partial charge in [0.05, 0.1) is 13.7 Å². The van der Waals surface area contributed by atoms with Gasteiger partial charge in [-0.15, -0.1) is 0 Å². The van der Waals surface area contributed by atoms with Crippen LogP contribution in [0.4, 0.5) is 0 Å². The summed E-state index contributed by atoms with van der Waals surface area (Å²) >= 11 is 0. The molecule has 3 nitrogen and oxygen atoms in total. The van der Waals surface area contributed by atoms with E-state index in [1.54, 1.807) is 13.2 Å². The molecule has 0 saturated carbocycles. The second-order valence-electron chi connectivity index (χ2n) is 4.46. The van der Waals surface area contributed by atoms with Crippen molar-refractivity contribution in [3.05, 3.63) is 71.8 Å². The molecule has 0 saturated heterocycles. The third kappa shape index (κ3) is 4.84. The van der Waals surface area contributed by atoms with Crippen molar-refractivity contribution in [1.82, 2.24) is 5.32 Å². The number of ether oxygens (including phenoxy) is 1. The van der Waals surface area contributed by atoms with Crippen molar-refractivity contribution in [1.29, 1.82) is 0 Å². The Kier molecular flexibility index (Phi) is 5.83. The molecule has 0 aliphatic rings. The number of rotatable bonds is 4. The lowest BCUT2D eigenvalue weighted by Gasteiger charge is -2.03. The van der Waals surface area contributed by atoms with Crippen LogP contribution in [-0.4, -0.2) is 19.6 Å². The molecule has 0 bridgehead atoms. The van der Waals surface area contributed by atoms with Crippen molar-refractivity contribution >= 4 is 12.0 Å². The molecule has 0 unspecified atom stereocenters. The van der Waals surface area contributed by atoms with Crippen LogP contribution in [0.25, 0.3) is 6.08 Å². The van der Waals surface area contributed by atoms with Crippen LogP contribution in [0.2, 0.25) is 0 Å². The highest BCUT2D eigenvalue weighted by Crippen LogP contribution is 2.18. The molecule has 0 heterocycles. The summed E-state index contributed by atoms with van der Waals surface area (Å²) in [5.74, 6) is 6.44. The van der Waals surface area contributed by atoms with Gasteiger partial charge < -0.3 is 10.1 Å². The van der Waals surface area contributed by atoms with E-state index in [-0.39, 0.29) is 5.91 Å². The number of para-hydroxylation sites is 1. The molecule has 0 atom stereocenters. The molecule has 0 aliphatic heterocycles. The van der Waals surface area contributed by atoms with Gasteiger partial charge in [0.25, 0.3) is 0 Å². The highest BCUT2D eigenvalue weighted by Gasteiger charge is 1.98. The predicted octanol–water partition coefficient (Wildman–Crippen LogP) is 2.88. The van der Waals surface area contributed by atoms with E-state index in [9.17, 15) is 4.79 Å². The summed E-state index contributed by atoms with van der Waals surface area (Å²) in [4.78, 5) is 11.7. The Balaban J connectivity index is 1.86. The van der Waals surface area contributed by atoms with Crippen LogP contribution in [0.1, 0.15) is 11.1 Å². The molecule has 0 aromatic heterocycles. The van der Waals surface area contributed by atoms with Crippen LogP contribution in [-0.2, 0) is 4.79 Å². The van der Waals surface area contributed by atoms with Gasteiger partial charge in [0, 0.05) is 17.2 Å². The Morgan fingerprint density at radius 2 is 1.86 bits per heavy atom. The van der Waals surface area contributed by atoms with Crippen molar-refractivity contribution in [2.24, 2.45) is 0 Å². The molecular weight excluding hydrogens is 274 g/mol. The molecule has 22 heavy (non-hydrogen) atoms. The van der Waals surface area contributed by atoms with Crippen molar-refractivity contribution in [2.45, 2.75) is 0 Å². The van der Waals surface area contributed by atoms with Gasteiger partial charge in [-0.05, 0) is 24.3 Å². The Morgan fingerprint density at radius 3 is 2.64 bits per heavy atom. The topological polar surface area (TPSA) is 38.3 Å². The third-order valence-corrected chi connectivity index (χ3v) is 2.91. The fraction of sp³-hybridized carbons (Fsp3) is 0.105. The molecule has 0 fully saturated rings. The van der Waals surface area contributed by atoms with Gasteiger partial charge in [-0.3, -0.25) is 4.79 Å². The minimum Gasteiger partial charge on any atom is -0.496 e. The largest absolute Gasteiger partial charge is 0.496 e. The SMILES string of the molecule is COc1ccccc1/C=C/C(=O)NCC#Cc1ccccc1. The number of carbonyl (C=O) groups excluding carboxylic acids is 1. The summed E-state index contributed by atoms with van der Waals surface area (Å²) in [6, 6.07) is 17.2. The highest BCUT2D eigenvalue weighted by molar-refractivity contribution is 5.92. The fourth-order valence-corrected chi connectivity index (χ4v) is 1.83. The zero-order valence-electron chi connectivity index (χ0n) is 12.4. The Morgan fingerprint density at radius 1 is 1.14 bits per heavy atom. The van der Waals surface area contributed by atoms with E-state index in [0.717, 1.165) is 16.9 Å². The smallest absolute Gasteiger partial charge is 0.244 e. The second kappa shape index (κ2) is 8.33. The van der Waals surface area contributed by atoms with Gasteiger partial charge in [-0.1, -0.05) is 48.2 Å². The Hall–Kier alpha value is -2.99. The summed E-state index contributed by atoms with van der Waals surface area (Å²) in [7, 11) is 1.60. The van der Waals surface area contributed by atoms with Gasteiger partial charge in [-0.25, -0.2) is 0 Å². The summed E-state index contributed by atoms with van der Waals surface area (Å²) < 4.78 is 5.22. The summed E-state index contributed by atoms with van der Waals surface area (Å²) in [5.41, 5.74) is 1.79. The molecule has 1 amide bonds. The van der Waals surface area contributed by atoms with Gasteiger partial charge in [0.1, 0.15) is 5.75 Å². The average molecular weight is 291 g/mol. The molecule has 110 valence electrons. The van der Waals surface area contributed by atoms with Gasteiger partial charge in [-0.2, -0.15) is 0 Å². The predicted molar refractivity (Wildman–Crippen MR) is 88.4 cm³/mol. The molecule has 0 aliphatic carbocycles. The molecular formula is C19H17NO2. The van der Waals surface area contributed by atoms with Crippen molar-refractivity contribution in [2.75, 3.05) is 13.7 Å². The van der Waals surface area contributed by atoms with Crippen LogP contribution in [0.5, 0.6) is 5.75 Å². The van der Waals surface area contributed by atoms with Crippen LogP contribution < -0.4 is 10.1 Å². The maximum Gasteiger partial charge on any atom is 0.244 e. The number of amides is 1. The van der Waals surface area contributed by atoms with Crippen molar-refractivity contribution < 1.29 is 9.53 Å². The normalized spacial score (nSPS) is 9.86. The summed E-state index contributed by atoms with van der Waals surface area (Å²) in [6.07, 6.45) is 3.20. The van der Waals surface area contributed by atoms with E-state index in [2.05, 4.69) is 17.2 Å². The van der Waals surface area contributed by atoms with Crippen molar-refractivity contribution in [3.8, 4) is 17.6 Å². The van der Waals surface area contributed by atoms with Gasteiger partial charge >= 0.3 is 0 Å². The van der Waals surface area contributed by atoms with Gasteiger partial charge in [0.2, 0.25) is 5.91 Å². The highest BCUT2D eigenvalue weighted by atomic mass is 16.5. The lowest BCUT2D eigenvalue weighted by Crippen LogP contribution is -2.20. The second-order valence-corrected chi connectivity index (χ2v) is 4.46. The first-order chi connectivity index (χ1) is 10.8. The van der Waals surface area contributed by atoms with E-state index in [0.29, 0.717) is 6.54 Å². The van der Waals surface area contributed by atoms with E-state index in [4.69, 9.17) is 4.74 Å². The maximum atomic E-state index is 11.7. The summed E-state index contributed by atoms with van der Waals surface area (Å²) in [5, 5.41) is 2.72. The Bertz CT molecular complexity index is 709. The maximum absolute atomic E-state index is 11.7. The summed E-state index contributed by atoms with van der Waals surface area (Å²) in [6.45, 7) is 0.310. The zero-order chi connectivity index (χ0) is 15.6. The molecule has 2 aromatic carbocycles. The number of hydrogen-bond acceptors (Lipinski definition) is 2. The minimum absolute atomic E-state index is 0.187. The lowest BCUT2D eigenvalue weighted by atomic mass is 10.2. The van der Waals surface area contributed by atoms with Crippen molar-refractivity contribution in [3.63, 3.8) is 0 Å². The van der Waals surface area contributed by atoms with Crippen LogP contribution in [0, 0.1) is 11.8 Å². The lowest BCUT2D eigenvalue weighted by molar-refractivity contribution is -0.116. The van der Waals surface area contributed by atoms with E-state index < -0.39 is 0 Å². The molecule has 2 rings (SSSR count). The Labute approximate surface area is 130 Å². The number of carbonyl (C=O) groups is 1. The molecule has 0 spiro atoms. The zero-order valence-corrected chi connectivity index (χ0v) is 12.4. The number of methoxy groups -OCH3 is 1. The van der Waals surface area contributed by atoms with Gasteiger partial charge in [0.15, 0.2) is 0 Å². The number of hydrogen-bond donors (Lipinski definition) is 1.